The molecule has 0 fully saturated rings. The molecule has 0 aliphatic carbocycles. The molecule has 0 amide bonds. The Hall–Kier alpha value is -0.480. The molecular weight excluding hydrogens is 236 g/mol. The van der Waals surface area contributed by atoms with Crippen LogP contribution < -0.4 is 11.5 Å². The fourth-order valence-electron chi connectivity index (χ4n) is 1.68. The summed E-state index contributed by atoms with van der Waals surface area (Å²) in [6.45, 7) is 2.18. The number of rotatable bonds is 5. The second kappa shape index (κ2) is 6.30. The number of benzene rings is 1. The van der Waals surface area contributed by atoms with Crippen LogP contribution in [0.3, 0.4) is 0 Å². The average molecular weight is 256 g/mol. The van der Waals surface area contributed by atoms with E-state index in [4.69, 9.17) is 11.5 Å². The molecule has 0 aliphatic heterocycles. The first-order valence-electron chi connectivity index (χ1n) is 5.44. The zero-order chi connectivity index (χ0) is 12.1. The molecule has 90 valence electrons. The van der Waals surface area contributed by atoms with E-state index < -0.39 is 0 Å². The lowest BCUT2D eigenvalue weighted by Gasteiger charge is -2.15. The van der Waals surface area contributed by atoms with Crippen LogP contribution in [0.2, 0.25) is 0 Å². The quantitative estimate of drug-likeness (QED) is 0.624. The van der Waals surface area contributed by atoms with E-state index in [0.717, 1.165) is 46.0 Å². The summed E-state index contributed by atoms with van der Waals surface area (Å²) in [4.78, 5) is 2.29. The Morgan fingerprint density at radius 3 is 1.94 bits per heavy atom. The minimum Gasteiger partial charge on any atom is -0.398 e. The van der Waals surface area contributed by atoms with Gasteiger partial charge in [-0.1, -0.05) is 13.3 Å². The molecule has 0 bridgehead atoms. The largest absolute Gasteiger partial charge is 0.398 e. The highest BCUT2D eigenvalue weighted by Gasteiger charge is 2.12. The maximum atomic E-state index is 6.15. The van der Waals surface area contributed by atoms with Crippen LogP contribution in [0.4, 0.5) is 11.4 Å². The molecule has 0 unspecified atom stereocenters. The van der Waals surface area contributed by atoms with Crippen molar-refractivity contribution >= 4 is 34.9 Å². The van der Waals surface area contributed by atoms with Crippen LogP contribution in [-0.4, -0.2) is 12.5 Å². The molecule has 1 aromatic rings. The van der Waals surface area contributed by atoms with Gasteiger partial charge in [-0.05, 0) is 31.4 Å². The predicted molar refractivity (Wildman–Crippen MR) is 77.4 cm³/mol. The van der Waals surface area contributed by atoms with Crippen molar-refractivity contribution in [1.82, 2.24) is 0 Å². The third-order valence-electron chi connectivity index (χ3n) is 2.66. The van der Waals surface area contributed by atoms with E-state index in [1.165, 1.54) is 0 Å². The van der Waals surface area contributed by atoms with Crippen LogP contribution in [0, 0.1) is 0 Å². The zero-order valence-corrected chi connectivity index (χ0v) is 11.8. The highest BCUT2D eigenvalue weighted by molar-refractivity contribution is 7.99. The molecule has 2 nitrogen and oxygen atoms in total. The van der Waals surface area contributed by atoms with Crippen LogP contribution in [0.15, 0.2) is 15.9 Å². The number of anilines is 2. The highest BCUT2D eigenvalue weighted by atomic mass is 32.2. The van der Waals surface area contributed by atoms with Gasteiger partial charge >= 0.3 is 0 Å². The summed E-state index contributed by atoms with van der Waals surface area (Å²) in [5, 5.41) is 0. The van der Waals surface area contributed by atoms with Crippen molar-refractivity contribution in [3.8, 4) is 0 Å². The van der Waals surface area contributed by atoms with Crippen molar-refractivity contribution in [1.29, 1.82) is 0 Å². The third kappa shape index (κ3) is 2.80. The maximum Gasteiger partial charge on any atom is 0.0506 e. The summed E-state index contributed by atoms with van der Waals surface area (Å²) < 4.78 is 0. The molecule has 0 atom stereocenters. The van der Waals surface area contributed by atoms with Gasteiger partial charge in [0.25, 0.3) is 0 Å². The van der Waals surface area contributed by atoms with Crippen molar-refractivity contribution in [2.75, 3.05) is 24.0 Å². The number of hydrogen-bond acceptors (Lipinski definition) is 4. The van der Waals surface area contributed by atoms with Gasteiger partial charge in [0, 0.05) is 15.4 Å². The van der Waals surface area contributed by atoms with Gasteiger partial charge in [0.05, 0.1) is 11.4 Å². The Morgan fingerprint density at radius 2 is 1.56 bits per heavy atom. The lowest BCUT2D eigenvalue weighted by atomic mass is 10.0. The number of thioether (sulfide) groups is 2. The number of nitrogens with two attached hydrogens (primary N) is 2. The van der Waals surface area contributed by atoms with E-state index in [1.54, 1.807) is 23.5 Å². The SMILES string of the molecule is CCCCc1c(N)c(SC)cc(SC)c1N. The van der Waals surface area contributed by atoms with E-state index in [1.807, 2.05) is 0 Å². The van der Waals surface area contributed by atoms with Gasteiger partial charge in [-0.15, -0.1) is 23.5 Å². The molecular formula is C12H20N2S2. The second-order valence-electron chi connectivity index (χ2n) is 3.69. The number of nitrogen functional groups attached to an aromatic ring is 2. The summed E-state index contributed by atoms with van der Waals surface area (Å²) >= 11 is 3.37. The van der Waals surface area contributed by atoms with Gasteiger partial charge in [0.15, 0.2) is 0 Å². The van der Waals surface area contributed by atoms with E-state index in [0.29, 0.717) is 0 Å². The summed E-state index contributed by atoms with van der Waals surface area (Å²) in [6.07, 6.45) is 7.39. The summed E-state index contributed by atoms with van der Waals surface area (Å²) in [5.41, 5.74) is 15.2. The van der Waals surface area contributed by atoms with Crippen molar-refractivity contribution < 1.29 is 0 Å². The molecule has 0 heterocycles. The van der Waals surface area contributed by atoms with Crippen LogP contribution in [0.1, 0.15) is 25.3 Å². The molecule has 1 aromatic carbocycles. The average Bonchev–Trinajstić information content (AvgIpc) is 2.29. The van der Waals surface area contributed by atoms with Crippen LogP contribution >= 0.6 is 23.5 Å². The first-order valence-corrected chi connectivity index (χ1v) is 7.89. The molecule has 0 saturated heterocycles. The Bertz CT molecular complexity index is 336. The molecule has 1 rings (SSSR count). The monoisotopic (exact) mass is 256 g/mol. The molecule has 0 spiro atoms. The first-order chi connectivity index (χ1) is 7.65. The van der Waals surface area contributed by atoms with Crippen LogP contribution in [-0.2, 0) is 6.42 Å². The lowest BCUT2D eigenvalue weighted by Crippen LogP contribution is -2.03. The molecule has 0 saturated carbocycles. The second-order valence-corrected chi connectivity index (χ2v) is 5.39. The molecule has 0 radical (unpaired) electrons. The van der Waals surface area contributed by atoms with Crippen molar-refractivity contribution in [3.05, 3.63) is 11.6 Å². The number of unbranched alkanes of at least 4 members (excludes halogenated alkanes) is 1. The zero-order valence-electron chi connectivity index (χ0n) is 10.2. The lowest BCUT2D eigenvalue weighted by molar-refractivity contribution is 0.795. The van der Waals surface area contributed by atoms with Gasteiger partial charge < -0.3 is 11.5 Å². The summed E-state index contributed by atoms with van der Waals surface area (Å²) in [7, 11) is 0. The van der Waals surface area contributed by atoms with Crippen molar-refractivity contribution in [2.24, 2.45) is 0 Å². The van der Waals surface area contributed by atoms with Gasteiger partial charge in [-0.2, -0.15) is 0 Å². The van der Waals surface area contributed by atoms with E-state index in [-0.39, 0.29) is 0 Å². The Kier molecular flexibility index (Phi) is 5.35. The first kappa shape index (κ1) is 13.6. The molecule has 4 heteroatoms. The minimum atomic E-state index is 0.872. The smallest absolute Gasteiger partial charge is 0.0506 e. The molecule has 4 N–H and O–H groups in total. The van der Waals surface area contributed by atoms with Crippen molar-refractivity contribution in [2.45, 2.75) is 36.0 Å². The molecule has 16 heavy (non-hydrogen) atoms. The Morgan fingerprint density at radius 1 is 1.06 bits per heavy atom. The van der Waals surface area contributed by atoms with Gasteiger partial charge in [0.2, 0.25) is 0 Å². The van der Waals surface area contributed by atoms with E-state index in [2.05, 4.69) is 25.5 Å². The normalized spacial score (nSPS) is 10.7. The summed E-state index contributed by atoms with van der Waals surface area (Å²) in [6, 6.07) is 2.09. The fraction of sp³-hybridized carbons (Fsp3) is 0.500. The van der Waals surface area contributed by atoms with Crippen LogP contribution in [0.5, 0.6) is 0 Å². The predicted octanol–water partition coefficient (Wildman–Crippen LogP) is 3.64. The molecule has 0 aliphatic rings. The third-order valence-corrected chi connectivity index (χ3v) is 4.22. The minimum absolute atomic E-state index is 0.872. The maximum absolute atomic E-state index is 6.15. The molecule has 0 aromatic heterocycles. The topological polar surface area (TPSA) is 52.0 Å². The fourth-order valence-corrected chi connectivity index (χ4v) is 2.91. The van der Waals surface area contributed by atoms with Gasteiger partial charge in [0.1, 0.15) is 0 Å². The van der Waals surface area contributed by atoms with Crippen LogP contribution in [0.25, 0.3) is 0 Å². The number of hydrogen-bond donors (Lipinski definition) is 2. The standard InChI is InChI=1S/C12H20N2S2/c1-4-5-6-8-11(13)9(15-2)7-10(16-3)12(8)14/h7H,4-6,13-14H2,1-3H3. The highest BCUT2D eigenvalue weighted by Crippen LogP contribution is 2.37. The van der Waals surface area contributed by atoms with Gasteiger partial charge in [-0.3, -0.25) is 0 Å². The summed E-state index contributed by atoms with van der Waals surface area (Å²) in [5.74, 6) is 0. The van der Waals surface area contributed by atoms with E-state index >= 15 is 0 Å². The Balaban J connectivity index is 3.20. The van der Waals surface area contributed by atoms with Gasteiger partial charge in [-0.25, -0.2) is 0 Å². The Labute approximate surface area is 107 Å². The van der Waals surface area contributed by atoms with Crippen molar-refractivity contribution in [3.63, 3.8) is 0 Å². The van der Waals surface area contributed by atoms with E-state index in [9.17, 15) is 0 Å².